The van der Waals surface area contributed by atoms with E-state index >= 15 is 0 Å². The van der Waals surface area contributed by atoms with Crippen LogP contribution in [0.1, 0.15) is 37.3 Å². The molecule has 1 unspecified atom stereocenters. The molecular weight excluding hydrogens is 474 g/mol. The number of nitrogens with one attached hydrogen (secondary N) is 3. The molecule has 2 rings (SSSR count). The zero-order chi connectivity index (χ0) is 27.2. The second-order valence-electron chi connectivity index (χ2n) is 8.93. The lowest BCUT2D eigenvalue weighted by atomic mass is 10.0. The minimum absolute atomic E-state index is 0.0848. The van der Waals surface area contributed by atoms with Crippen LogP contribution in [0.3, 0.4) is 0 Å². The number of nitrogens with two attached hydrogens (primary N) is 2. The zero-order valence-electron chi connectivity index (χ0n) is 21.1. The summed E-state index contributed by atoms with van der Waals surface area (Å²) in [4.78, 5) is 50.4. The van der Waals surface area contributed by atoms with E-state index in [0.717, 1.165) is 11.1 Å². The molecule has 0 saturated carbocycles. The lowest BCUT2D eigenvalue weighted by molar-refractivity contribution is -0.135. The number of carbonyl (C=O) groups excluding carboxylic acids is 4. The number of aliphatic hydroxyl groups is 1. The lowest BCUT2D eigenvalue weighted by Crippen LogP contribution is -2.57. The van der Waals surface area contributed by atoms with Crippen molar-refractivity contribution in [2.24, 2.45) is 11.5 Å². The van der Waals surface area contributed by atoms with E-state index < -0.39 is 47.9 Å². The van der Waals surface area contributed by atoms with Gasteiger partial charge >= 0.3 is 0 Å². The minimum Gasteiger partial charge on any atom is -0.383 e. The van der Waals surface area contributed by atoms with E-state index in [1.807, 2.05) is 36.4 Å². The number of amides is 4. The van der Waals surface area contributed by atoms with Crippen LogP contribution in [-0.4, -0.2) is 59.5 Å². The number of carbonyl (C=O) groups is 4. The Hall–Kier alpha value is -3.76. The third kappa shape index (κ3) is 10.4. The highest BCUT2D eigenvalue weighted by molar-refractivity contribution is 5.94. The van der Waals surface area contributed by atoms with Crippen LogP contribution in [0.5, 0.6) is 0 Å². The molecule has 0 aliphatic carbocycles. The van der Waals surface area contributed by atoms with Crippen molar-refractivity contribution in [1.29, 1.82) is 0 Å². The summed E-state index contributed by atoms with van der Waals surface area (Å²) in [6, 6.07) is 15.2. The van der Waals surface area contributed by atoms with Crippen molar-refractivity contribution in [3.05, 3.63) is 71.8 Å². The highest BCUT2D eigenvalue weighted by Crippen LogP contribution is 2.08. The maximum atomic E-state index is 13.3. The fraction of sp³-hybridized carbons (Fsp3) is 0.407. The summed E-state index contributed by atoms with van der Waals surface area (Å²) in [7, 11) is 0. The second kappa shape index (κ2) is 15.4. The van der Waals surface area contributed by atoms with Crippen molar-refractivity contribution in [2.75, 3.05) is 6.54 Å². The van der Waals surface area contributed by atoms with Crippen molar-refractivity contribution >= 4 is 23.6 Å². The largest absolute Gasteiger partial charge is 0.383 e. The van der Waals surface area contributed by atoms with Crippen LogP contribution in [0.15, 0.2) is 60.7 Å². The van der Waals surface area contributed by atoms with Gasteiger partial charge in [-0.15, -0.1) is 0 Å². The van der Waals surface area contributed by atoms with E-state index in [1.165, 1.54) is 6.92 Å². The fourth-order valence-electron chi connectivity index (χ4n) is 3.68. The van der Waals surface area contributed by atoms with Crippen LogP contribution in [0.25, 0.3) is 0 Å². The molecule has 200 valence electrons. The van der Waals surface area contributed by atoms with Crippen LogP contribution < -0.4 is 27.4 Å². The van der Waals surface area contributed by atoms with Gasteiger partial charge in [-0.2, -0.15) is 0 Å². The van der Waals surface area contributed by atoms with Crippen molar-refractivity contribution in [1.82, 2.24) is 16.0 Å². The van der Waals surface area contributed by atoms with Gasteiger partial charge < -0.3 is 32.5 Å². The molecule has 0 spiro atoms. The molecule has 4 amide bonds. The predicted molar refractivity (Wildman–Crippen MR) is 140 cm³/mol. The smallest absolute Gasteiger partial charge is 0.249 e. The number of aliphatic hydroxyl groups excluding tert-OH is 1. The first-order valence-corrected chi connectivity index (χ1v) is 12.4. The lowest BCUT2D eigenvalue weighted by Gasteiger charge is -2.25. The third-order valence-electron chi connectivity index (χ3n) is 5.86. The van der Waals surface area contributed by atoms with Crippen LogP contribution in [0.4, 0.5) is 0 Å². The Balaban J connectivity index is 2.17. The summed E-state index contributed by atoms with van der Waals surface area (Å²) in [6.45, 7) is 1.87. The Morgan fingerprint density at radius 2 is 1.27 bits per heavy atom. The molecule has 8 N–H and O–H groups in total. The van der Waals surface area contributed by atoms with E-state index in [2.05, 4.69) is 16.0 Å². The summed E-state index contributed by atoms with van der Waals surface area (Å²) in [5.41, 5.74) is 12.4. The first-order valence-electron chi connectivity index (χ1n) is 12.4. The van der Waals surface area contributed by atoms with Gasteiger partial charge in [0.25, 0.3) is 0 Å². The molecule has 10 heteroatoms. The Morgan fingerprint density at radius 1 is 0.757 bits per heavy atom. The van der Waals surface area contributed by atoms with Gasteiger partial charge in [0.1, 0.15) is 24.2 Å². The van der Waals surface area contributed by atoms with Gasteiger partial charge in [0.15, 0.2) is 0 Å². The Kier molecular flexibility index (Phi) is 12.2. The summed E-state index contributed by atoms with van der Waals surface area (Å²) in [5, 5.41) is 18.3. The van der Waals surface area contributed by atoms with Crippen LogP contribution in [-0.2, 0) is 32.0 Å². The van der Waals surface area contributed by atoms with Gasteiger partial charge in [0, 0.05) is 12.8 Å². The number of primary amides is 1. The number of unbranched alkanes of at least 4 members (excludes halogenated alkanes) is 1. The van der Waals surface area contributed by atoms with E-state index in [0.29, 0.717) is 19.4 Å². The molecule has 37 heavy (non-hydrogen) atoms. The average Bonchev–Trinajstić information content (AvgIpc) is 2.88. The van der Waals surface area contributed by atoms with Crippen molar-refractivity contribution in [3.63, 3.8) is 0 Å². The number of rotatable bonds is 15. The number of hydrogen-bond acceptors (Lipinski definition) is 6. The molecule has 2 aromatic carbocycles. The zero-order valence-corrected chi connectivity index (χ0v) is 21.1. The highest BCUT2D eigenvalue weighted by atomic mass is 16.3. The van der Waals surface area contributed by atoms with Gasteiger partial charge in [-0.25, -0.2) is 0 Å². The van der Waals surface area contributed by atoms with Crippen LogP contribution in [0.2, 0.25) is 0 Å². The Bertz CT molecular complexity index is 1020. The molecule has 0 aliphatic rings. The molecule has 2 aromatic rings. The standard InChI is InChI=1S/C27H37N5O5/c1-18(24(29)34)30-25(35)21(14-8-9-15-28)31-26(36)22(16-19-10-4-2-5-11-19)32-27(37)23(33)17-20-12-6-3-7-13-20/h2-7,10-13,18,21-23,33H,8-9,14-17,28H2,1H3,(H2,29,34)(H,30,35)(H,31,36)(H,32,37)/t18-,21-,22-,23?/m0/s1. The van der Waals surface area contributed by atoms with Crippen LogP contribution in [0, 0.1) is 0 Å². The molecule has 0 radical (unpaired) electrons. The van der Waals surface area contributed by atoms with Crippen molar-refractivity contribution in [3.8, 4) is 0 Å². The molecule has 0 aliphatic heterocycles. The maximum Gasteiger partial charge on any atom is 0.249 e. The first-order chi connectivity index (χ1) is 17.7. The summed E-state index contributed by atoms with van der Waals surface area (Å²) in [6.07, 6.45) is 0.343. The average molecular weight is 512 g/mol. The molecule has 4 atom stereocenters. The quantitative estimate of drug-likeness (QED) is 0.182. The minimum atomic E-state index is -1.37. The van der Waals surface area contributed by atoms with Crippen molar-refractivity contribution < 1.29 is 24.3 Å². The molecule has 0 fully saturated rings. The third-order valence-corrected chi connectivity index (χ3v) is 5.86. The Labute approximate surface area is 217 Å². The van der Waals surface area contributed by atoms with E-state index in [9.17, 15) is 24.3 Å². The van der Waals surface area contributed by atoms with Gasteiger partial charge in [0.2, 0.25) is 23.6 Å². The normalized spacial score (nSPS) is 14.0. The summed E-state index contributed by atoms with van der Waals surface area (Å²) >= 11 is 0. The van der Waals surface area contributed by atoms with E-state index in [1.54, 1.807) is 24.3 Å². The molecule has 0 bridgehead atoms. The second-order valence-corrected chi connectivity index (χ2v) is 8.93. The van der Waals surface area contributed by atoms with E-state index in [4.69, 9.17) is 11.5 Å². The molecule has 0 heterocycles. The Morgan fingerprint density at radius 3 is 1.81 bits per heavy atom. The van der Waals surface area contributed by atoms with Gasteiger partial charge in [-0.1, -0.05) is 60.7 Å². The predicted octanol–water partition coefficient (Wildman–Crippen LogP) is -0.0787. The van der Waals surface area contributed by atoms with Crippen LogP contribution >= 0.6 is 0 Å². The first kappa shape index (κ1) is 29.5. The molecule has 0 aromatic heterocycles. The number of hydrogen-bond donors (Lipinski definition) is 6. The van der Waals surface area contributed by atoms with E-state index in [-0.39, 0.29) is 19.3 Å². The topological polar surface area (TPSA) is 177 Å². The fourth-order valence-corrected chi connectivity index (χ4v) is 3.68. The molecule has 0 saturated heterocycles. The van der Waals surface area contributed by atoms with Crippen molar-refractivity contribution in [2.45, 2.75) is 63.3 Å². The monoisotopic (exact) mass is 511 g/mol. The van der Waals surface area contributed by atoms with Gasteiger partial charge in [-0.3, -0.25) is 19.2 Å². The molecule has 10 nitrogen and oxygen atoms in total. The van der Waals surface area contributed by atoms with Gasteiger partial charge in [0.05, 0.1) is 0 Å². The summed E-state index contributed by atoms with van der Waals surface area (Å²) < 4.78 is 0. The SMILES string of the molecule is C[C@H](NC(=O)[C@H](CCCCN)NC(=O)[C@H](Cc1ccccc1)NC(=O)C(O)Cc1ccccc1)C(N)=O. The molecular formula is C27H37N5O5. The highest BCUT2D eigenvalue weighted by Gasteiger charge is 2.29. The maximum absolute atomic E-state index is 13.3. The summed E-state index contributed by atoms with van der Waals surface area (Å²) in [5.74, 6) is -2.57. The number of benzene rings is 2. The van der Waals surface area contributed by atoms with Gasteiger partial charge in [-0.05, 0) is 43.9 Å².